The molecule has 1 aromatic heterocycles. The largest absolute Gasteiger partial charge is 0.461 e. The minimum Gasteiger partial charge on any atom is -0.461 e. The molecule has 1 aliphatic heterocycles. The second-order valence-corrected chi connectivity index (χ2v) is 8.00. The summed E-state index contributed by atoms with van der Waals surface area (Å²) in [6.07, 6.45) is 3.89. The van der Waals surface area contributed by atoms with E-state index in [0.717, 1.165) is 48.9 Å². The Morgan fingerprint density at radius 1 is 1.37 bits per heavy atom. The van der Waals surface area contributed by atoms with Gasteiger partial charge in [0.1, 0.15) is 5.69 Å². The first-order chi connectivity index (χ1) is 14.4. The van der Waals surface area contributed by atoms with E-state index >= 15 is 0 Å². The van der Waals surface area contributed by atoms with E-state index in [1.807, 2.05) is 25.1 Å². The molecule has 2 aromatic rings. The Hall–Kier alpha value is -2.55. The van der Waals surface area contributed by atoms with Crippen molar-refractivity contribution in [2.45, 2.75) is 26.7 Å². The lowest BCUT2D eigenvalue weighted by Gasteiger charge is -2.33. The zero-order valence-corrected chi connectivity index (χ0v) is 18.0. The molecule has 8 heteroatoms. The van der Waals surface area contributed by atoms with Crippen LogP contribution in [0.15, 0.2) is 24.4 Å². The quantitative estimate of drug-likeness (QED) is 0.294. The Bertz CT molecular complexity index is 898. The summed E-state index contributed by atoms with van der Waals surface area (Å²) in [5, 5.41) is 2.52. The van der Waals surface area contributed by atoms with Crippen LogP contribution in [0.3, 0.4) is 0 Å². The fourth-order valence-corrected chi connectivity index (χ4v) is 4.14. The number of benzene rings is 1. The molecule has 0 aliphatic carbocycles. The first-order valence-corrected chi connectivity index (χ1v) is 10.6. The smallest absolute Gasteiger partial charge is 0.355 e. The van der Waals surface area contributed by atoms with Crippen molar-refractivity contribution in [2.75, 3.05) is 39.3 Å². The number of likely N-dealkylation sites (tertiary alicyclic amines) is 1. The summed E-state index contributed by atoms with van der Waals surface area (Å²) in [7, 11) is 0. The first-order valence-electron chi connectivity index (χ1n) is 10.6. The number of hydrogen-bond donors (Lipinski definition) is 4. The molecule has 30 heavy (non-hydrogen) atoms. The number of carbonyl (C=O) groups is 1. The van der Waals surface area contributed by atoms with Crippen LogP contribution in [0.1, 0.15) is 41.4 Å². The van der Waals surface area contributed by atoms with Crippen LogP contribution in [0.5, 0.6) is 0 Å². The summed E-state index contributed by atoms with van der Waals surface area (Å²) in [5.41, 5.74) is 15.5. The van der Waals surface area contributed by atoms with Gasteiger partial charge in [0.15, 0.2) is 0 Å². The average Bonchev–Trinajstić information content (AvgIpc) is 3.08. The number of ether oxygens (including phenoxy) is 1. The molecule has 1 aromatic carbocycles. The van der Waals surface area contributed by atoms with Crippen LogP contribution < -0.4 is 17.3 Å². The Morgan fingerprint density at radius 3 is 2.77 bits per heavy atom. The van der Waals surface area contributed by atoms with E-state index in [1.165, 1.54) is 0 Å². The number of fused-ring (bicyclic) bond motifs is 1. The summed E-state index contributed by atoms with van der Waals surface area (Å²) in [6, 6.07) is 5.95. The third kappa shape index (κ3) is 5.13. The molecule has 2 heterocycles. The van der Waals surface area contributed by atoms with Crippen LogP contribution >= 0.6 is 0 Å². The lowest BCUT2D eigenvalue weighted by Crippen LogP contribution is -2.41. The highest BCUT2D eigenvalue weighted by molar-refractivity contribution is 6.04. The SMILES string of the molecule is CCOC(=O)c1[nH]c2cc(C)ccc2c1/C(N)=C/N(N)CC1CCN(CCN)CC1. The van der Waals surface area contributed by atoms with Gasteiger partial charge in [-0.25, -0.2) is 10.6 Å². The topological polar surface area (TPSA) is 127 Å². The molecule has 0 amide bonds. The minimum absolute atomic E-state index is 0.294. The van der Waals surface area contributed by atoms with E-state index < -0.39 is 5.97 Å². The average molecular weight is 415 g/mol. The monoisotopic (exact) mass is 414 g/mol. The van der Waals surface area contributed by atoms with E-state index in [-0.39, 0.29) is 0 Å². The van der Waals surface area contributed by atoms with Gasteiger partial charge in [-0.15, -0.1) is 0 Å². The van der Waals surface area contributed by atoms with Crippen LogP contribution in [0.25, 0.3) is 16.6 Å². The Morgan fingerprint density at radius 2 is 2.10 bits per heavy atom. The molecular formula is C22H34N6O2. The molecule has 0 atom stereocenters. The predicted octanol–water partition coefficient (Wildman–Crippen LogP) is 1.76. The lowest BCUT2D eigenvalue weighted by atomic mass is 9.96. The number of carbonyl (C=O) groups excluding carboxylic acids is 1. The summed E-state index contributed by atoms with van der Waals surface area (Å²) in [4.78, 5) is 18.1. The van der Waals surface area contributed by atoms with E-state index in [4.69, 9.17) is 22.0 Å². The van der Waals surface area contributed by atoms with Gasteiger partial charge in [0.05, 0.1) is 12.3 Å². The zero-order valence-electron chi connectivity index (χ0n) is 18.0. The van der Waals surface area contributed by atoms with Gasteiger partial charge in [0.25, 0.3) is 0 Å². The van der Waals surface area contributed by atoms with Crippen LogP contribution in [0.2, 0.25) is 0 Å². The van der Waals surface area contributed by atoms with Crippen molar-refractivity contribution < 1.29 is 9.53 Å². The van der Waals surface area contributed by atoms with Crippen LogP contribution in [0.4, 0.5) is 0 Å². The molecule has 3 rings (SSSR count). The third-order valence-corrected chi connectivity index (χ3v) is 5.65. The van der Waals surface area contributed by atoms with Gasteiger partial charge < -0.3 is 31.1 Å². The molecule has 1 aliphatic rings. The maximum atomic E-state index is 12.5. The number of nitrogens with one attached hydrogen (secondary N) is 1. The zero-order chi connectivity index (χ0) is 21.7. The van der Waals surface area contributed by atoms with Crippen LogP contribution in [-0.2, 0) is 4.74 Å². The number of rotatable bonds is 8. The number of esters is 1. The van der Waals surface area contributed by atoms with Crippen molar-refractivity contribution >= 4 is 22.6 Å². The maximum absolute atomic E-state index is 12.5. The molecule has 0 bridgehead atoms. The lowest BCUT2D eigenvalue weighted by molar-refractivity contribution is 0.0520. The number of hydrazine groups is 1. The number of nitrogens with zero attached hydrogens (tertiary/aromatic N) is 2. The fourth-order valence-electron chi connectivity index (χ4n) is 4.14. The number of piperidine rings is 1. The van der Waals surface area contributed by atoms with Crippen molar-refractivity contribution in [1.82, 2.24) is 14.9 Å². The molecule has 7 N–H and O–H groups in total. The van der Waals surface area contributed by atoms with Gasteiger partial charge >= 0.3 is 5.97 Å². The van der Waals surface area contributed by atoms with E-state index in [2.05, 4.69) is 9.88 Å². The Kier molecular flexibility index (Phi) is 7.36. The standard InChI is InChI=1S/C22H34N6O2/c1-3-30-22(29)21-20(17-5-4-15(2)12-19(17)26-21)18(24)14-28(25)13-16-6-9-27(10-7-16)11-8-23/h4-5,12,14,16,26H,3,6-11,13,23-25H2,1-2H3/b18-14-. The number of aromatic nitrogens is 1. The van der Waals surface area contributed by atoms with Crippen LogP contribution in [0, 0.1) is 12.8 Å². The van der Waals surface area contributed by atoms with Crippen molar-refractivity contribution in [1.29, 1.82) is 0 Å². The Balaban J connectivity index is 1.79. The highest BCUT2D eigenvalue weighted by Crippen LogP contribution is 2.28. The third-order valence-electron chi connectivity index (χ3n) is 5.65. The number of nitrogens with two attached hydrogens (primary N) is 3. The minimum atomic E-state index is -0.423. The van der Waals surface area contributed by atoms with Crippen molar-refractivity contribution in [3.63, 3.8) is 0 Å². The number of aromatic amines is 1. The van der Waals surface area contributed by atoms with Crippen molar-refractivity contribution in [3.05, 3.63) is 41.2 Å². The molecule has 1 saturated heterocycles. The highest BCUT2D eigenvalue weighted by Gasteiger charge is 2.22. The van der Waals surface area contributed by atoms with E-state index in [1.54, 1.807) is 18.1 Å². The van der Waals surface area contributed by atoms with Gasteiger partial charge in [-0.1, -0.05) is 12.1 Å². The molecule has 8 nitrogen and oxygen atoms in total. The summed E-state index contributed by atoms with van der Waals surface area (Å²) in [6.45, 7) is 8.53. The first kappa shape index (κ1) is 22.1. The normalized spacial score (nSPS) is 16.2. The second kappa shape index (κ2) is 9.97. The number of H-pyrrole nitrogens is 1. The number of aryl methyl sites for hydroxylation is 1. The number of hydrogen-bond acceptors (Lipinski definition) is 7. The summed E-state index contributed by atoms with van der Waals surface area (Å²) < 4.78 is 5.22. The fraction of sp³-hybridized carbons (Fsp3) is 0.500. The molecule has 164 valence electrons. The van der Waals surface area contributed by atoms with Gasteiger partial charge in [0.2, 0.25) is 0 Å². The molecule has 0 saturated carbocycles. The molecular weight excluding hydrogens is 380 g/mol. The molecule has 0 unspecified atom stereocenters. The molecule has 1 fully saturated rings. The van der Waals surface area contributed by atoms with Crippen molar-refractivity contribution in [3.8, 4) is 0 Å². The summed E-state index contributed by atoms with van der Waals surface area (Å²) >= 11 is 0. The molecule has 0 spiro atoms. The summed E-state index contributed by atoms with van der Waals surface area (Å²) in [5.74, 6) is 6.36. The predicted molar refractivity (Wildman–Crippen MR) is 120 cm³/mol. The van der Waals surface area contributed by atoms with Gasteiger partial charge in [0, 0.05) is 42.3 Å². The highest BCUT2D eigenvalue weighted by atomic mass is 16.5. The van der Waals surface area contributed by atoms with Crippen molar-refractivity contribution in [2.24, 2.45) is 23.2 Å². The molecule has 0 radical (unpaired) electrons. The van der Waals surface area contributed by atoms with Gasteiger partial charge in [-0.3, -0.25) is 0 Å². The van der Waals surface area contributed by atoms with Gasteiger partial charge in [-0.2, -0.15) is 0 Å². The maximum Gasteiger partial charge on any atom is 0.355 e. The van der Waals surface area contributed by atoms with E-state index in [0.29, 0.717) is 42.6 Å². The Labute approximate surface area is 178 Å². The van der Waals surface area contributed by atoms with Gasteiger partial charge in [-0.05, 0) is 57.3 Å². The van der Waals surface area contributed by atoms with E-state index in [9.17, 15) is 4.79 Å². The van der Waals surface area contributed by atoms with Crippen LogP contribution in [-0.4, -0.2) is 60.2 Å². The second-order valence-electron chi connectivity index (χ2n) is 8.00.